The van der Waals surface area contributed by atoms with Gasteiger partial charge in [0.15, 0.2) is 0 Å². The predicted octanol–water partition coefficient (Wildman–Crippen LogP) is 4.07. The second-order valence-corrected chi connectivity index (χ2v) is 6.85. The van der Waals surface area contributed by atoms with E-state index >= 15 is 0 Å². The van der Waals surface area contributed by atoms with E-state index in [9.17, 15) is 9.59 Å². The van der Waals surface area contributed by atoms with Gasteiger partial charge in [-0.3, -0.25) is 14.5 Å². The molecule has 0 saturated carbocycles. The summed E-state index contributed by atoms with van der Waals surface area (Å²) >= 11 is 8.25. The molecule has 1 aromatic heterocycles. The third kappa shape index (κ3) is 2.17. The monoisotopic (exact) mass is 399 g/mol. The van der Waals surface area contributed by atoms with Crippen molar-refractivity contribution in [3.05, 3.63) is 54.6 Å². The largest absolute Gasteiger partial charge is 0.269 e. The van der Waals surface area contributed by atoms with Gasteiger partial charge in [-0.15, -0.1) is 11.3 Å². The molecule has 2 heterocycles. The van der Waals surface area contributed by atoms with E-state index in [1.165, 1.54) is 16.2 Å². The Balaban J connectivity index is 1.97. The van der Waals surface area contributed by atoms with Gasteiger partial charge in [-0.25, -0.2) is 0 Å². The Bertz CT molecular complexity index is 696. The van der Waals surface area contributed by atoms with Gasteiger partial charge in [0.2, 0.25) is 0 Å². The lowest BCUT2D eigenvalue weighted by atomic mass is 10.1. The fraction of sp³-hybridized carbons (Fsp3) is 0.0769. The molecular weight excluding hydrogens is 394 g/mol. The van der Waals surface area contributed by atoms with Gasteiger partial charge >= 0.3 is 0 Å². The summed E-state index contributed by atoms with van der Waals surface area (Å²) in [5.74, 6) is -0.464. The van der Waals surface area contributed by atoms with Crippen LogP contribution in [0.5, 0.6) is 0 Å². The van der Waals surface area contributed by atoms with Crippen LogP contribution in [0.1, 0.15) is 25.6 Å². The second kappa shape index (κ2) is 4.85. The van der Waals surface area contributed by atoms with E-state index in [1.54, 1.807) is 18.2 Å². The Morgan fingerprint density at radius 2 is 1.79 bits per heavy atom. The van der Waals surface area contributed by atoms with Gasteiger partial charge in [0, 0.05) is 13.8 Å². The minimum absolute atomic E-state index is 0.229. The van der Waals surface area contributed by atoms with E-state index < -0.39 is 0 Å². The van der Waals surface area contributed by atoms with E-state index in [4.69, 9.17) is 0 Å². The molecule has 0 N–H and O–H groups in total. The minimum atomic E-state index is -0.235. The van der Waals surface area contributed by atoms with Crippen LogP contribution in [0.15, 0.2) is 38.6 Å². The highest BCUT2D eigenvalue weighted by atomic mass is 79.9. The molecule has 2 amide bonds. The summed E-state index contributed by atoms with van der Waals surface area (Å²) in [6.07, 6.45) is 0. The molecule has 3 nitrogen and oxygen atoms in total. The highest BCUT2D eigenvalue weighted by Gasteiger charge is 2.35. The molecule has 0 bridgehead atoms. The fourth-order valence-corrected chi connectivity index (χ4v) is 3.81. The fourth-order valence-electron chi connectivity index (χ4n) is 1.99. The first-order valence-electron chi connectivity index (χ1n) is 5.45. The lowest BCUT2D eigenvalue weighted by Gasteiger charge is -2.12. The van der Waals surface area contributed by atoms with E-state index in [0.717, 1.165) is 13.8 Å². The standard InChI is InChI=1S/C13H7Br2NO2S/c14-7-1-2-8-9(5-7)13(18)16(12(8)17)6-11-10(15)3-4-19-11/h1-5H,6H2. The maximum atomic E-state index is 12.3. The summed E-state index contributed by atoms with van der Waals surface area (Å²) < 4.78 is 1.72. The van der Waals surface area contributed by atoms with Crippen molar-refractivity contribution in [1.29, 1.82) is 0 Å². The number of thiophene rings is 1. The highest BCUT2D eigenvalue weighted by molar-refractivity contribution is 9.10. The molecule has 0 atom stereocenters. The number of imide groups is 1. The van der Waals surface area contributed by atoms with Crippen molar-refractivity contribution in [1.82, 2.24) is 4.90 Å². The first kappa shape index (κ1) is 13.0. The average molecular weight is 401 g/mol. The molecule has 1 aliphatic rings. The Morgan fingerprint density at radius 3 is 2.47 bits per heavy atom. The van der Waals surface area contributed by atoms with E-state index in [1.807, 2.05) is 11.4 Å². The van der Waals surface area contributed by atoms with Crippen molar-refractivity contribution in [2.45, 2.75) is 6.54 Å². The molecule has 0 spiro atoms. The number of halogens is 2. The molecule has 2 aromatic rings. The van der Waals surface area contributed by atoms with Crippen molar-refractivity contribution in [3.63, 3.8) is 0 Å². The van der Waals surface area contributed by atoms with Crippen LogP contribution in [0.3, 0.4) is 0 Å². The maximum Gasteiger partial charge on any atom is 0.261 e. The smallest absolute Gasteiger partial charge is 0.261 e. The second-order valence-electron chi connectivity index (χ2n) is 4.08. The third-order valence-electron chi connectivity index (χ3n) is 2.93. The molecule has 96 valence electrons. The molecule has 6 heteroatoms. The number of fused-ring (bicyclic) bond motifs is 1. The Hall–Kier alpha value is -0.980. The van der Waals surface area contributed by atoms with Crippen LogP contribution in [0.4, 0.5) is 0 Å². The van der Waals surface area contributed by atoms with Crippen LogP contribution in [-0.4, -0.2) is 16.7 Å². The summed E-state index contributed by atoms with van der Waals surface area (Å²) in [6, 6.07) is 7.06. The molecule has 0 radical (unpaired) electrons. The molecule has 1 aromatic carbocycles. The number of hydrogen-bond donors (Lipinski definition) is 0. The molecule has 0 fully saturated rings. The molecule has 0 aliphatic carbocycles. The van der Waals surface area contributed by atoms with Crippen molar-refractivity contribution < 1.29 is 9.59 Å². The zero-order chi connectivity index (χ0) is 13.6. The number of carbonyl (C=O) groups excluding carboxylic acids is 2. The van der Waals surface area contributed by atoms with Gasteiger partial charge in [0.25, 0.3) is 11.8 Å². The van der Waals surface area contributed by atoms with Gasteiger partial charge in [0.05, 0.1) is 17.7 Å². The quantitative estimate of drug-likeness (QED) is 0.712. The zero-order valence-corrected chi connectivity index (χ0v) is 13.5. The van der Waals surface area contributed by atoms with Gasteiger partial charge in [-0.2, -0.15) is 0 Å². The Labute approximate surface area is 130 Å². The van der Waals surface area contributed by atoms with Gasteiger partial charge in [-0.05, 0) is 45.6 Å². The van der Waals surface area contributed by atoms with Gasteiger partial charge < -0.3 is 0 Å². The van der Waals surface area contributed by atoms with Crippen LogP contribution in [0.2, 0.25) is 0 Å². The normalized spacial score (nSPS) is 14.1. The SMILES string of the molecule is O=C1c2ccc(Br)cc2C(=O)N1Cc1sccc1Br. The lowest BCUT2D eigenvalue weighted by molar-refractivity contribution is 0.0643. The molecule has 0 unspecified atom stereocenters. The van der Waals surface area contributed by atoms with Crippen molar-refractivity contribution >= 4 is 55.0 Å². The first-order valence-corrected chi connectivity index (χ1v) is 7.92. The number of hydrogen-bond acceptors (Lipinski definition) is 3. The zero-order valence-electron chi connectivity index (χ0n) is 9.52. The van der Waals surface area contributed by atoms with Crippen LogP contribution in [0.25, 0.3) is 0 Å². The van der Waals surface area contributed by atoms with E-state index in [-0.39, 0.29) is 11.8 Å². The number of amides is 2. The van der Waals surface area contributed by atoms with Crippen LogP contribution >= 0.6 is 43.2 Å². The molecule has 1 aliphatic heterocycles. The van der Waals surface area contributed by atoms with Crippen LogP contribution in [0, 0.1) is 0 Å². The molecule has 0 saturated heterocycles. The number of rotatable bonds is 2. The summed E-state index contributed by atoms with van der Waals surface area (Å²) in [6.45, 7) is 0.308. The van der Waals surface area contributed by atoms with E-state index in [2.05, 4.69) is 31.9 Å². The van der Waals surface area contributed by atoms with Gasteiger partial charge in [0.1, 0.15) is 0 Å². The van der Waals surface area contributed by atoms with Crippen LogP contribution in [-0.2, 0) is 6.54 Å². The Kier molecular flexibility index (Phi) is 3.32. The van der Waals surface area contributed by atoms with Crippen molar-refractivity contribution in [3.8, 4) is 0 Å². The number of carbonyl (C=O) groups is 2. The van der Waals surface area contributed by atoms with Gasteiger partial charge in [-0.1, -0.05) is 15.9 Å². The predicted molar refractivity (Wildman–Crippen MR) is 80.4 cm³/mol. The number of nitrogens with zero attached hydrogens (tertiary/aromatic N) is 1. The first-order chi connectivity index (χ1) is 9.08. The molecule has 19 heavy (non-hydrogen) atoms. The lowest BCUT2D eigenvalue weighted by Crippen LogP contribution is -2.28. The Morgan fingerprint density at radius 1 is 1.05 bits per heavy atom. The van der Waals surface area contributed by atoms with Crippen molar-refractivity contribution in [2.75, 3.05) is 0 Å². The highest BCUT2D eigenvalue weighted by Crippen LogP contribution is 2.30. The maximum absolute atomic E-state index is 12.3. The number of benzene rings is 1. The third-order valence-corrected chi connectivity index (χ3v) is 5.33. The average Bonchev–Trinajstić information content (AvgIpc) is 2.88. The summed E-state index contributed by atoms with van der Waals surface area (Å²) in [5, 5.41) is 1.92. The summed E-state index contributed by atoms with van der Waals surface area (Å²) in [5.41, 5.74) is 0.938. The minimum Gasteiger partial charge on any atom is -0.269 e. The summed E-state index contributed by atoms with van der Waals surface area (Å²) in [4.78, 5) is 26.8. The van der Waals surface area contributed by atoms with Crippen LogP contribution < -0.4 is 0 Å². The van der Waals surface area contributed by atoms with E-state index in [0.29, 0.717) is 17.7 Å². The molecule has 3 rings (SSSR count). The van der Waals surface area contributed by atoms with Crippen molar-refractivity contribution in [2.24, 2.45) is 0 Å². The molecular formula is C13H7Br2NO2S. The summed E-state index contributed by atoms with van der Waals surface area (Å²) in [7, 11) is 0. The topological polar surface area (TPSA) is 37.4 Å².